The molecule has 0 radical (unpaired) electrons. The van der Waals surface area contributed by atoms with Gasteiger partial charge in [-0.2, -0.15) is 0 Å². The number of ether oxygens (including phenoxy) is 1. The molecule has 0 amide bonds. The first-order valence-corrected chi connectivity index (χ1v) is 9.85. The number of pyridine rings is 1. The minimum atomic E-state index is -0.968. The highest BCUT2D eigenvalue weighted by Crippen LogP contribution is 2.41. The Morgan fingerprint density at radius 1 is 1.34 bits per heavy atom. The van der Waals surface area contributed by atoms with Gasteiger partial charge in [-0.1, -0.05) is 0 Å². The fourth-order valence-corrected chi connectivity index (χ4v) is 3.96. The van der Waals surface area contributed by atoms with Crippen molar-refractivity contribution < 1.29 is 18.3 Å². The van der Waals surface area contributed by atoms with Crippen LogP contribution in [0, 0.1) is 11.6 Å². The van der Waals surface area contributed by atoms with Crippen LogP contribution in [-0.2, 0) is 4.74 Å². The van der Waals surface area contributed by atoms with E-state index in [0.29, 0.717) is 19.6 Å². The van der Waals surface area contributed by atoms with Gasteiger partial charge in [0.1, 0.15) is 11.3 Å². The number of carbonyl (C=O) groups excluding carboxylic acids is 1. The van der Waals surface area contributed by atoms with Crippen LogP contribution in [0.1, 0.15) is 43.1 Å². The van der Waals surface area contributed by atoms with E-state index in [4.69, 9.17) is 10.5 Å². The Morgan fingerprint density at radius 3 is 2.69 bits per heavy atom. The highest BCUT2D eigenvalue weighted by molar-refractivity contribution is 6.00. The summed E-state index contributed by atoms with van der Waals surface area (Å²) in [4.78, 5) is 26.8. The predicted octanol–water partition coefficient (Wildman–Crippen LogP) is 2.17. The minimum absolute atomic E-state index is 0.0503. The molecule has 1 atom stereocenters. The van der Waals surface area contributed by atoms with Gasteiger partial charge in [-0.25, -0.2) is 13.6 Å². The van der Waals surface area contributed by atoms with Gasteiger partial charge < -0.3 is 25.3 Å². The van der Waals surface area contributed by atoms with Gasteiger partial charge in [0.05, 0.1) is 23.2 Å². The predicted molar refractivity (Wildman–Crippen MR) is 106 cm³/mol. The van der Waals surface area contributed by atoms with Crippen LogP contribution in [0.15, 0.2) is 11.0 Å². The number of nitrogens with two attached hydrogens (primary N) is 1. The molecule has 3 N–H and O–H groups in total. The number of fused-ring (bicyclic) bond motifs is 1. The third-order valence-corrected chi connectivity index (χ3v) is 5.49. The lowest BCUT2D eigenvalue weighted by Gasteiger charge is -2.34. The number of halogens is 2. The van der Waals surface area contributed by atoms with Crippen LogP contribution in [0.5, 0.6) is 0 Å². The molecule has 2 fully saturated rings. The van der Waals surface area contributed by atoms with Crippen LogP contribution in [-0.4, -0.2) is 42.8 Å². The van der Waals surface area contributed by atoms with E-state index < -0.39 is 28.7 Å². The van der Waals surface area contributed by atoms with Crippen LogP contribution >= 0.6 is 0 Å². The van der Waals surface area contributed by atoms with Crippen molar-refractivity contribution in [3.05, 3.63) is 33.6 Å². The quantitative estimate of drug-likeness (QED) is 0.598. The number of esters is 1. The molecule has 7 nitrogen and oxygen atoms in total. The maximum Gasteiger partial charge on any atom is 0.343 e. The van der Waals surface area contributed by atoms with Crippen molar-refractivity contribution in [2.24, 2.45) is 0 Å². The summed E-state index contributed by atoms with van der Waals surface area (Å²) in [6, 6.07) is -0.0169. The first-order chi connectivity index (χ1) is 13.8. The normalized spacial score (nSPS) is 19.6. The average molecular weight is 406 g/mol. The number of hydrogen-bond acceptors (Lipinski definition) is 6. The lowest BCUT2D eigenvalue weighted by molar-refractivity contribution is 0.0524. The number of nitrogens with zero attached hydrogens (tertiary/aromatic N) is 2. The Kier molecular flexibility index (Phi) is 4.94. The molecular weight excluding hydrogens is 382 g/mol. The number of benzene rings is 1. The molecule has 1 aliphatic heterocycles. The van der Waals surface area contributed by atoms with E-state index in [9.17, 15) is 9.59 Å². The van der Waals surface area contributed by atoms with Crippen molar-refractivity contribution in [2.75, 3.05) is 36.9 Å². The van der Waals surface area contributed by atoms with E-state index in [-0.39, 0.29) is 40.8 Å². The molecule has 1 unspecified atom stereocenters. The summed E-state index contributed by atoms with van der Waals surface area (Å²) in [5, 5.41) is 2.93. The maximum atomic E-state index is 15.7. The Morgan fingerprint density at radius 2 is 2.07 bits per heavy atom. The molecule has 29 heavy (non-hydrogen) atoms. The highest BCUT2D eigenvalue weighted by Gasteiger charge is 2.33. The number of anilines is 2. The van der Waals surface area contributed by atoms with Crippen molar-refractivity contribution >= 4 is 28.2 Å². The molecule has 2 aliphatic rings. The highest BCUT2D eigenvalue weighted by atomic mass is 19.1. The zero-order valence-corrected chi connectivity index (χ0v) is 16.4. The molecule has 1 saturated heterocycles. The van der Waals surface area contributed by atoms with Crippen molar-refractivity contribution in [1.82, 2.24) is 9.88 Å². The molecule has 2 aromatic rings. The summed E-state index contributed by atoms with van der Waals surface area (Å²) in [5.74, 6) is -2.61. The maximum absolute atomic E-state index is 15.7. The first-order valence-electron chi connectivity index (χ1n) is 9.85. The summed E-state index contributed by atoms with van der Waals surface area (Å²) in [7, 11) is 0. The molecule has 0 bridgehead atoms. The van der Waals surface area contributed by atoms with Crippen molar-refractivity contribution in [2.45, 2.75) is 38.8 Å². The number of carbonyl (C=O) groups is 1. The van der Waals surface area contributed by atoms with Crippen LogP contribution in [0.3, 0.4) is 0 Å². The largest absolute Gasteiger partial charge is 0.462 e. The summed E-state index contributed by atoms with van der Waals surface area (Å²) in [6.45, 7) is 5.03. The molecule has 1 aromatic carbocycles. The smallest absolute Gasteiger partial charge is 0.343 e. The third kappa shape index (κ3) is 3.23. The van der Waals surface area contributed by atoms with E-state index >= 15 is 8.78 Å². The summed E-state index contributed by atoms with van der Waals surface area (Å²) < 4.78 is 37.4. The number of rotatable bonds is 4. The van der Waals surface area contributed by atoms with Gasteiger partial charge in [0.25, 0.3) is 0 Å². The Balaban J connectivity index is 2.01. The van der Waals surface area contributed by atoms with Crippen molar-refractivity contribution in [3.63, 3.8) is 0 Å². The Hall–Kier alpha value is -2.68. The number of aromatic nitrogens is 1. The molecule has 4 rings (SSSR count). The second-order valence-corrected chi connectivity index (χ2v) is 7.65. The number of hydrogen-bond donors (Lipinski definition) is 2. The minimum Gasteiger partial charge on any atom is -0.462 e. The van der Waals surface area contributed by atoms with Gasteiger partial charge in [0.2, 0.25) is 5.43 Å². The van der Waals surface area contributed by atoms with Gasteiger partial charge >= 0.3 is 5.97 Å². The first kappa shape index (κ1) is 19.6. The standard InChI is InChI=1S/C20H24F2N4O3/c1-3-29-20(28)12-9-26(11-4-5-11)17-13(19(12)27)16(23)14(21)18(15(17)22)25-7-6-24-10(2)8-25/h9-11,24H,3-8,23H2,1-2H3. The SMILES string of the molecule is CCOC(=O)c1cn(C2CC2)c2c(F)c(N3CCNC(C)C3)c(F)c(N)c2c1=O. The van der Waals surface area contributed by atoms with Gasteiger partial charge in [-0.3, -0.25) is 4.79 Å². The fraction of sp³-hybridized carbons (Fsp3) is 0.500. The number of nitrogen functional groups attached to an aromatic ring is 1. The lowest BCUT2D eigenvalue weighted by Crippen LogP contribution is -2.50. The summed E-state index contributed by atoms with van der Waals surface area (Å²) >= 11 is 0. The van der Waals surface area contributed by atoms with Crippen LogP contribution in [0.2, 0.25) is 0 Å². The van der Waals surface area contributed by atoms with Crippen molar-refractivity contribution in [3.8, 4) is 0 Å². The van der Waals surface area contributed by atoms with Crippen LogP contribution in [0.25, 0.3) is 10.9 Å². The molecule has 1 aliphatic carbocycles. The van der Waals surface area contributed by atoms with E-state index in [0.717, 1.165) is 12.8 Å². The molecular formula is C20H24F2N4O3. The average Bonchev–Trinajstić information content (AvgIpc) is 3.51. The third-order valence-electron chi connectivity index (χ3n) is 5.49. The Labute approximate surface area is 166 Å². The molecule has 1 aromatic heterocycles. The molecule has 9 heteroatoms. The number of nitrogens with one attached hydrogen (secondary N) is 1. The molecule has 2 heterocycles. The van der Waals surface area contributed by atoms with E-state index in [1.165, 1.54) is 6.20 Å². The lowest BCUT2D eigenvalue weighted by atomic mass is 10.1. The van der Waals surface area contributed by atoms with Crippen LogP contribution in [0.4, 0.5) is 20.2 Å². The van der Waals surface area contributed by atoms with E-state index in [1.54, 1.807) is 16.4 Å². The van der Waals surface area contributed by atoms with Gasteiger partial charge in [0.15, 0.2) is 11.6 Å². The monoisotopic (exact) mass is 406 g/mol. The van der Waals surface area contributed by atoms with Crippen LogP contribution < -0.4 is 21.4 Å². The molecule has 1 saturated carbocycles. The second kappa shape index (κ2) is 7.29. The molecule has 0 spiro atoms. The Bertz CT molecular complexity index is 1050. The zero-order chi connectivity index (χ0) is 20.9. The number of piperazine rings is 1. The topological polar surface area (TPSA) is 89.6 Å². The van der Waals surface area contributed by atoms with Gasteiger partial charge in [-0.15, -0.1) is 0 Å². The second-order valence-electron chi connectivity index (χ2n) is 7.65. The fourth-order valence-electron chi connectivity index (χ4n) is 3.96. The summed E-state index contributed by atoms with van der Waals surface area (Å²) in [6.07, 6.45) is 2.87. The van der Waals surface area contributed by atoms with E-state index in [1.807, 2.05) is 6.92 Å². The van der Waals surface area contributed by atoms with Gasteiger partial charge in [0, 0.05) is 37.9 Å². The van der Waals surface area contributed by atoms with Crippen molar-refractivity contribution in [1.29, 1.82) is 0 Å². The van der Waals surface area contributed by atoms with Gasteiger partial charge in [-0.05, 0) is 26.7 Å². The summed E-state index contributed by atoms with van der Waals surface area (Å²) in [5.41, 5.74) is 4.23. The zero-order valence-electron chi connectivity index (χ0n) is 16.4. The molecule has 156 valence electrons. The van der Waals surface area contributed by atoms with E-state index in [2.05, 4.69) is 5.32 Å².